The summed E-state index contributed by atoms with van der Waals surface area (Å²) in [6, 6.07) is 8.54. The molecule has 7 heteroatoms. The lowest BCUT2D eigenvalue weighted by Gasteiger charge is -2.18. The van der Waals surface area contributed by atoms with Gasteiger partial charge >= 0.3 is 0 Å². The van der Waals surface area contributed by atoms with E-state index in [9.17, 15) is 4.79 Å². The molecule has 0 bridgehead atoms. The first-order chi connectivity index (χ1) is 10.2. The molecular weight excluding hydrogens is 296 g/mol. The second kappa shape index (κ2) is 7.21. The van der Waals surface area contributed by atoms with Crippen LogP contribution in [0.3, 0.4) is 0 Å². The SMILES string of the molecule is O=C(c1cc(-c2cccc(Cl)c2)no1)N(CCO)CCO. The van der Waals surface area contributed by atoms with E-state index in [1.54, 1.807) is 24.3 Å². The molecule has 1 aromatic carbocycles. The number of aromatic nitrogens is 1. The van der Waals surface area contributed by atoms with Crippen molar-refractivity contribution in [2.75, 3.05) is 26.3 Å². The van der Waals surface area contributed by atoms with Crippen LogP contribution in [-0.4, -0.2) is 52.5 Å². The molecule has 0 radical (unpaired) electrons. The van der Waals surface area contributed by atoms with E-state index in [0.29, 0.717) is 10.7 Å². The summed E-state index contributed by atoms with van der Waals surface area (Å²) in [6.45, 7) is -0.152. The Hall–Kier alpha value is -1.89. The number of aliphatic hydroxyl groups is 2. The number of hydrogen-bond donors (Lipinski definition) is 2. The van der Waals surface area contributed by atoms with Gasteiger partial charge in [-0.25, -0.2) is 0 Å². The monoisotopic (exact) mass is 310 g/mol. The van der Waals surface area contributed by atoms with Crippen molar-refractivity contribution < 1.29 is 19.5 Å². The number of hydrogen-bond acceptors (Lipinski definition) is 5. The molecule has 0 atom stereocenters. The zero-order chi connectivity index (χ0) is 15.2. The lowest BCUT2D eigenvalue weighted by atomic mass is 10.1. The predicted molar refractivity (Wildman–Crippen MR) is 77.0 cm³/mol. The predicted octanol–water partition coefficient (Wildman–Crippen LogP) is 1.42. The van der Waals surface area contributed by atoms with Crippen LogP contribution in [0.4, 0.5) is 0 Å². The molecule has 2 aromatic rings. The van der Waals surface area contributed by atoms with E-state index in [4.69, 9.17) is 26.3 Å². The second-order valence-electron chi connectivity index (χ2n) is 4.33. The van der Waals surface area contributed by atoms with Crippen LogP contribution in [0, 0.1) is 0 Å². The minimum Gasteiger partial charge on any atom is -0.395 e. The lowest BCUT2D eigenvalue weighted by molar-refractivity contribution is 0.0644. The highest BCUT2D eigenvalue weighted by Gasteiger charge is 2.20. The van der Waals surface area contributed by atoms with Gasteiger partial charge in [-0.05, 0) is 12.1 Å². The molecule has 2 N–H and O–H groups in total. The van der Waals surface area contributed by atoms with E-state index in [-0.39, 0.29) is 32.1 Å². The van der Waals surface area contributed by atoms with Gasteiger partial charge in [0.2, 0.25) is 5.76 Å². The highest BCUT2D eigenvalue weighted by molar-refractivity contribution is 6.30. The number of rotatable bonds is 6. The molecule has 21 heavy (non-hydrogen) atoms. The molecule has 0 saturated carbocycles. The van der Waals surface area contributed by atoms with Crippen LogP contribution in [-0.2, 0) is 0 Å². The summed E-state index contributed by atoms with van der Waals surface area (Å²) in [4.78, 5) is 13.5. The first kappa shape index (κ1) is 15.5. The number of aliphatic hydroxyl groups excluding tert-OH is 2. The molecule has 0 aliphatic carbocycles. The second-order valence-corrected chi connectivity index (χ2v) is 4.76. The Bertz CT molecular complexity index is 609. The van der Waals surface area contributed by atoms with Gasteiger partial charge in [-0.1, -0.05) is 28.9 Å². The van der Waals surface area contributed by atoms with Crippen LogP contribution in [0.5, 0.6) is 0 Å². The van der Waals surface area contributed by atoms with Crippen molar-refractivity contribution in [1.29, 1.82) is 0 Å². The molecule has 0 fully saturated rings. The van der Waals surface area contributed by atoms with Gasteiger partial charge in [-0.15, -0.1) is 0 Å². The molecule has 112 valence electrons. The summed E-state index contributed by atoms with van der Waals surface area (Å²) in [5, 5.41) is 22.3. The van der Waals surface area contributed by atoms with E-state index >= 15 is 0 Å². The Morgan fingerprint density at radius 2 is 1.95 bits per heavy atom. The molecule has 1 aromatic heterocycles. The van der Waals surface area contributed by atoms with Crippen molar-refractivity contribution in [3.63, 3.8) is 0 Å². The average molecular weight is 311 g/mol. The molecular formula is C14H15ClN2O4. The van der Waals surface area contributed by atoms with Gasteiger partial charge in [0.15, 0.2) is 0 Å². The van der Waals surface area contributed by atoms with Crippen LogP contribution >= 0.6 is 11.6 Å². The third-order valence-electron chi connectivity index (χ3n) is 2.87. The van der Waals surface area contributed by atoms with Gasteiger partial charge in [-0.2, -0.15) is 0 Å². The maximum atomic E-state index is 12.2. The van der Waals surface area contributed by atoms with Gasteiger partial charge in [0.1, 0.15) is 5.69 Å². The van der Waals surface area contributed by atoms with E-state index in [1.807, 2.05) is 0 Å². The highest BCUT2D eigenvalue weighted by atomic mass is 35.5. The molecule has 1 heterocycles. The largest absolute Gasteiger partial charge is 0.395 e. The Morgan fingerprint density at radius 3 is 2.57 bits per heavy atom. The van der Waals surface area contributed by atoms with Gasteiger partial charge < -0.3 is 19.6 Å². The first-order valence-electron chi connectivity index (χ1n) is 6.39. The maximum absolute atomic E-state index is 12.2. The van der Waals surface area contributed by atoms with Gasteiger partial charge in [0.25, 0.3) is 5.91 Å². The molecule has 0 unspecified atom stereocenters. The minimum absolute atomic E-state index is 0.0480. The van der Waals surface area contributed by atoms with E-state index in [1.165, 1.54) is 11.0 Å². The molecule has 6 nitrogen and oxygen atoms in total. The fourth-order valence-corrected chi connectivity index (χ4v) is 2.06. The standard InChI is InChI=1S/C14H15ClN2O4/c15-11-3-1-2-10(8-11)12-9-13(21-16-12)14(20)17(4-6-18)5-7-19/h1-3,8-9,18-19H,4-7H2. The van der Waals surface area contributed by atoms with Crippen molar-refractivity contribution in [1.82, 2.24) is 10.1 Å². The molecule has 0 saturated heterocycles. The smallest absolute Gasteiger partial charge is 0.292 e. The normalized spacial score (nSPS) is 10.6. The zero-order valence-corrected chi connectivity index (χ0v) is 12.0. The number of benzene rings is 1. The molecule has 2 rings (SSSR count). The average Bonchev–Trinajstić information content (AvgIpc) is 2.96. The Morgan fingerprint density at radius 1 is 1.24 bits per heavy atom. The number of carbonyl (C=O) groups is 1. The van der Waals surface area contributed by atoms with E-state index < -0.39 is 5.91 Å². The van der Waals surface area contributed by atoms with Gasteiger partial charge in [0.05, 0.1) is 13.2 Å². The molecule has 0 aliphatic rings. The number of halogens is 1. The van der Waals surface area contributed by atoms with Crippen LogP contribution in [0.2, 0.25) is 5.02 Å². The Balaban J connectivity index is 2.20. The van der Waals surface area contributed by atoms with E-state index in [2.05, 4.69) is 5.16 Å². The van der Waals surface area contributed by atoms with E-state index in [0.717, 1.165) is 5.56 Å². The van der Waals surface area contributed by atoms with Crippen LogP contribution in [0.15, 0.2) is 34.9 Å². The summed E-state index contributed by atoms with van der Waals surface area (Å²) in [5.74, 6) is -0.384. The fourth-order valence-electron chi connectivity index (χ4n) is 1.87. The fraction of sp³-hybridized carbons (Fsp3) is 0.286. The molecule has 0 aliphatic heterocycles. The maximum Gasteiger partial charge on any atom is 0.292 e. The summed E-state index contributed by atoms with van der Waals surface area (Å²) >= 11 is 5.91. The molecule has 0 spiro atoms. The summed E-state index contributed by atoms with van der Waals surface area (Å²) in [6.07, 6.45) is 0. The topological polar surface area (TPSA) is 86.8 Å². The highest BCUT2D eigenvalue weighted by Crippen LogP contribution is 2.22. The lowest BCUT2D eigenvalue weighted by Crippen LogP contribution is -2.35. The van der Waals surface area contributed by atoms with Gasteiger partial charge in [0, 0.05) is 29.7 Å². The van der Waals surface area contributed by atoms with Crippen molar-refractivity contribution in [2.45, 2.75) is 0 Å². The minimum atomic E-state index is -0.432. The number of amides is 1. The van der Waals surface area contributed by atoms with Gasteiger partial charge in [-0.3, -0.25) is 4.79 Å². The third-order valence-corrected chi connectivity index (χ3v) is 3.10. The Kier molecular flexibility index (Phi) is 5.32. The number of carbonyl (C=O) groups excluding carboxylic acids is 1. The van der Waals surface area contributed by atoms with Crippen LogP contribution in [0.1, 0.15) is 10.6 Å². The molecule has 1 amide bonds. The quantitative estimate of drug-likeness (QED) is 0.842. The van der Waals surface area contributed by atoms with Crippen molar-refractivity contribution in [2.24, 2.45) is 0 Å². The third kappa shape index (κ3) is 3.81. The summed E-state index contributed by atoms with van der Waals surface area (Å²) < 4.78 is 5.05. The summed E-state index contributed by atoms with van der Waals surface area (Å²) in [5.41, 5.74) is 1.23. The zero-order valence-electron chi connectivity index (χ0n) is 11.2. The van der Waals surface area contributed by atoms with Crippen LogP contribution in [0.25, 0.3) is 11.3 Å². The van der Waals surface area contributed by atoms with Crippen molar-refractivity contribution >= 4 is 17.5 Å². The number of nitrogens with zero attached hydrogens (tertiary/aromatic N) is 2. The van der Waals surface area contributed by atoms with Crippen molar-refractivity contribution in [3.05, 3.63) is 41.1 Å². The van der Waals surface area contributed by atoms with Crippen molar-refractivity contribution in [3.8, 4) is 11.3 Å². The first-order valence-corrected chi connectivity index (χ1v) is 6.77. The van der Waals surface area contributed by atoms with Crippen LogP contribution < -0.4 is 0 Å². The summed E-state index contributed by atoms with van der Waals surface area (Å²) in [7, 11) is 0. The Labute approximate surface area is 126 Å².